The van der Waals surface area contributed by atoms with Gasteiger partial charge in [0.1, 0.15) is 22.9 Å². The Morgan fingerprint density at radius 3 is 2.48 bits per heavy atom. The number of nitrogens with zero attached hydrogens (tertiary/aromatic N) is 3. The van der Waals surface area contributed by atoms with E-state index in [0.717, 1.165) is 17.9 Å². The van der Waals surface area contributed by atoms with Gasteiger partial charge in [0.2, 0.25) is 0 Å². The van der Waals surface area contributed by atoms with Crippen molar-refractivity contribution in [2.45, 2.75) is 31.6 Å². The Labute approximate surface area is 280 Å². The quantitative estimate of drug-likeness (QED) is 0.149. The maximum atomic E-state index is 14.9. The van der Waals surface area contributed by atoms with E-state index in [1.165, 1.54) is 43.6 Å². The number of para-hydroxylation sites is 1. The summed E-state index contributed by atoms with van der Waals surface area (Å²) in [5.41, 5.74) is 1.26. The summed E-state index contributed by atoms with van der Waals surface area (Å²) in [4.78, 5) is 35.1. The van der Waals surface area contributed by atoms with Crippen LogP contribution in [0.3, 0.4) is 0 Å². The first-order valence-corrected chi connectivity index (χ1v) is 15.9. The van der Waals surface area contributed by atoms with Gasteiger partial charge < -0.3 is 23.8 Å². The highest BCUT2D eigenvalue weighted by molar-refractivity contribution is 7.14. The minimum Gasteiger partial charge on any atom is -0.493 e. The van der Waals surface area contributed by atoms with E-state index in [4.69, 9.17) is 42.1 Å². The molecule has 0 aliphatic carbocycles. The van der Waals surface area contributed by atoms with Crippen molar-refractivity contribution in [2.75, 3.05) is 39.3 Å². The number of carbonyl (C=O) groups excluding carboxylic acids is 2. The van der Waals surface area contributed by atoms with E-state index in [1.807, 2.05) is 7.05 Å². The molecule has 1 aliphatic heterocycles. The fourth-order valence-electron chi connectivity index (χ4n) is 5.13. The molecule has 0 N–H and O–H groups in total. The number of benzene rings is 2. The Morgan fingerprint density at radius 2 is 1.80 bits per heavy atom. The summed E-state index contributed by atoms with van der Waals surface area (Å²) in [6, 6.07) is 14.5. The van der Waals surface area contributed by atoms with E-state index in [9.17, 15) is 14.0 Å². The molecule has 0 radical (unpaired) electrons. The average Bonchev–Trinajstić information content (AvgIpc) is 3.69. The fourth-order valence-corrected chi connectivity index (χ4v) is 6.53. The molecule has 2 atom stereocenters. The van der Waals surface area contributed by atoms with Crippen LogP contribution in [0, 0.1) is 5.82 Å². The molecule has 4 aromatic rings. The zero-order valence-corrected chi connectivity index (χ0v) is 27.7. The zero-order valence-electron chi connectivity index (χ0n) is 25.4. The van der Waals surface area contributed by atoms with Gasteiger partial charge in [0.15, 0.2) is 11.5 Å². The van der Waals surface area contributed by atoms with Gasteiger partial charge in [-0.3, -0.25) is 9.88 Å². The number of ether oxygens (including phenoxy) is 4. The van der Waals surface area contributed by atoms with Crippen LogP contribution in [0.25, 0.3) is 0 Å². The number of aromatic nitrogens is 1. The van der Waals surface area contributed by atoms with Crippen molar-refractivity contribution < 1.29 is 32.9 Å². The van der Waals surface area contributed by atoms with Crippen LogP contribution in [-0.4, -0.2) is 62.4 Å². The lowest BCUT2D eigenvalue weighted by Crippen LogP contribution is -2.35. The highest BCUT2D eigenvalue weighted by Crippen LogP contribution is 2.36. The van der Waals surface area contributed by atoms with Crippen molar-refractivity contribution in [3.05, 3.63) is 104 Å². The SMILES string of the molecule is COc1ccc([C@H](Cc2c(Cl)cncc2Cl)OC(=O)c2ccc(CN(C(=O)O[C@@H]3CCN(C)C3)c3ccccc3F)s2)cc1OC. The fraction of sp³-hybridized carbons (Fsp3) is 0.303. The van der Waals surface area contributed by atoms with Gasteiger partial charge in [-0.1, -0.05) is 41.4 Å². The van der Waals surface area contributed by atoms with E-state index in [1.54, 1.807) is 42.5 Å². The first kappa shape index (κ1) is 33.5. The Morgan fingerprint density at radius 1 is 1.07 bits per heavy atom. The van der Waals surface area contributed by atoms with Crippen LogP contribution in [0.1, 0.15) is 38.2 Å². The summed E-state index contributed by atoms with van der Waals surface area (Å²) in [6.45, 7) is 1.39. The second kappa shape index (κ2) is 15.1. The molecule has 0 saturated carbocycles. The second-order valence-corrected chi connectivity index (χ2v) is 12.6. The standard InChI is InChI=1S/C33H32Cl2FN3O6S/c1-38-13-12-21(18-38)44-33(41)39(27-7-5-4-6-26(27)36)19-22-9-11-31(46-22)32(40)45-29(15-23-24(34)16-37-17-25(23)35)20-8-10-28(42-2)30(14-20)43-3/h4-11,14,16-17,21,29H,12-13,15,18-19H2,1-3H3/t21-,29+/m1/s1. The molecule has 1 amide bonds. The van der Waals surface area contributed by atoms with Gasteiger partial charge in [0.05, 0.1) is 36.5 Å². The number of pyridine rings is 1. The lowest BCUT2D eigenvalue weighted by Gasteiger charge is -2.24. The largest absolute Gasteiger partial charge is 0.493 e. The molecule has 0 spiro atoms. The number of carbonyl (C=O) groups is 2. The number of rotatable bonds is 11. The first-order chi connectivity index (χ1) is 22.2. The molecule has 242 valence electrons. The second-order valence-electron chi connectivity index (χ2n) is 10.7. The summed E-state index contributed by atoms with van der Waals surface area (Å²) in [6.07, 6.45) is 2.02. The topological polar surface area (TPSA) is 90.4 Å². The molecule has 2 aromatic heterocycles. The number of hydrogen-bond donors (Lipinski definition) is 0. The van der Waals surface area contributed by atoms with Crippen LogP contribution >= 0.6 is 34.5 Å². The number of likely N-dealkylation sites (N-methyl/N-ethyl adjacent to an activating group) is 1. The molecule has 3 heterocycles. The van der Waals surface area contributed by atoms with Gasteiger partial charge in [-0.2, -0.15) is 0 Å². The minimum absolute atomic E-state index is 0.0123. The maximum absolute atomic E-state index is 14.9. The minimum atomic E-state index is -0.815. The number of anilines is 1. The molecule has 0 unspecified atom stereocenters. The summed E-state index contributed by atoms with van der Waals surface area (Å²) in [7, 11) is 4.99. The van der Waals surface area contributed by atoms with Gasteiger partial charge in [-0.15, -0.1) is 11.3 Å². The predicted molar refractivity (Wildman–Crippen MR) is 175 cm³/mol. The molecule has 46 heavy (non-hydrogen) atoms. The summed E-state index contributed by atoms with van der Waals surface area (Å²) >= 11 is 14.0. The Bertz CT molecular complexity index is 1690. The molecular weight excluding hydrogens is 656 g/mol. The van der Waals surface area contributed by atoms with Crippen molar-refractivity contribution in [1.29, 1.82) is 0 Å². The van der Waals surface area contributed by atoms with Crippen LogP contribution in [0.5, 0.6) is 11.5 Å². The Balaban J connectivity index is 1.38. The van der Waals surface area contributed by atoms with Crippen LogP contribution in [0.2, 0.25) is 10.0 Å². The average molecular weight is 689 g/mol. The third-order valence-corrected chi connectivity index (χ3v) is 9.23. The van der Waals surface area contributed by atoms with Gasteiger partial charge in [-0.05, 0) is 61.0 Å². The Hall–Kier alpha value is -3.90. The molecule has 9 nitrogen and oxygen atoms in total. The van der Waals surface area contributed by atoms with Crippen molar-refractivity contribution in [3.63, 3.8) is 0 Å². The van der Waals surface area contributed by atoms with Gasteiger partial charge >= 0.3 is 12.1 Å². The van der Waals surface area contributed by atoms with E-state index >= 15 is 0 Å². The van der Waals surface area contributed by atoms with E-state index in [2.05, 4.69) is 9.88 Å². The molecule has 1 saturated heterocycles. The molecule has 1 aliphatic rings. The molecule has 1 fully saturated rings. The molecule has 2 aromatic carbocycles. The summed E-state index contributed by atoms with van der Waals surface area (Å²) in [5.74, 6) is -0.204. The van der Waals surface area contributed by atoms with Crippen LogP contribution < -0.4 is 14.4 Å². The van der Waals surface area contributed by atoms with Gasteiger partial charge in [0, 0.05) is 36.8 Å². The molecular formula is C33H32Cl2FN3O6S. The lowest BCUT2D eigenvalue weighted by atomic mass is 10.0. The highest BCUT2D eigenvalue weighted by Gasteiger charge is 2.29. The lowest BCUT2D eigenvalue weighted by molar-refractivity contribution is 0.0302. The monoisotopic (exact) mass is 687 g/mol. The first-order valence-electron chi connectivity index (χ1n) is 14.4. The number of halogens is 3. The molecule has 13 heteroatoms. The number of amides is 1. The van der Waals surface area contributed by atoms with Crippen LogP contribution in [-0.2, 0) is 22.4 Å². The predicted octanol–water partition coefficient (Wildman–Crippen LogP) is 7.59. The number of hydrogen-bond acceptors (Lipinski definition) is 9. The number of esters is 1. The zero-order chi connectivity index (χ0) is 32.8. The third-order valence-electron chi connectivity index (χ3n) is 7.53. The van der Waals surface area contributed by atoms with Crippen molar-refractivity contribution in [3.8, 4) is 11.5 Å². The molecule has 5 rings (SSSR count). The number of likely N-dealkylation sites (tertiary alicyclic amines) is 1. The number of methoxy groups -OCH3 is 2. The smallest absolute Gasteiger partial charge is 0.415 e. The normalized spacial score (nSPS) is 15.3. The maximum Gasteiger partial charge on any atom is 0.415 e. The van der Waals surface area contributed by atoms with E-state index in [0.29, 0.717) is 50.5 Å². The van der Waals surface area contributed by atoms with Crippen LogP contribution in [0.15, 0.2) is 67.0 Å². The van der Waals surface area contributed by atoms with Crippen molar-refractivity contribution >= 4 is 52.3 Å². The number of thiophene rings is 1. The van der Waals surface area contributed by atoms with Gasteiger partial charge in [-0.25, -0.2) is 14.0 Å². The van der Waals surface area contributed by atoms with E-state index in [-0.39, 0.29) is 29.6 Å². The van der Waals surface area contributed by atoms with Crippen molar-refractivity contribution in [1.82, 2.24) is 9.88 Å². The Kier molecular flexibility index (Phi) is 11.0. The molecule has 0 bridgehead atoms. The highest BCUT2D eigenvalue weighted by atomic mass is 35.5. The summed E-state index contributed by atoms with van der Waals surface area (Å²) < 4.78 is 37.5. The van der Waals surface area contributed by atoms with Crippen LogP contribution in [0.4, 0.5) is 14.9 Å². The van der Waals surface area contributed by atoms with Gasteiger partial charge in [0.25, 0.3) is 0 Å². The van der Waals surface area contributed by atoms with Crippen molar-refractivity contribution in [2.24, 2.45) is 0 Å². The van der Waals surface area contributed by atoms with E-state index < -0.39 is 24.0 Å². The summed E-state index contributed by atoms with van der Waals surface area (Å²) in [5, 5.41) is 0.661. The third kappa shape index (κ3) is 7.90.